The van der Waals surface area contributed by atoms with Gasteiger partial charge in [0.1, 0.15) is 13.2 Å². The molecular weight excluding hydrogens is 877 g/mol. The minimum absolute atomic E-state index is 0.0696. The van der Waals surface area contributed by atoms with Crippen LogP contribution in [0.1, 0.15) is 342 Å². The van der Waals surface area contributed by atoms with Crippen LogP contribution in [0.5, 0.6) is 0 Å². The lowest BCUT2D eigenvalue weighted by Crippen LogP contribution is -2.30. The van der Waals surface area contributed by atoms with Crippen LogP contribution in [0.2, 0.25) is 0 Å². The molecule has 416 valence electrons. The van der Waals surface area contributed by atoms with Crippen molar-refractivity contribution >= 4 is 17.9 Å². The molecule has 0 aromatic rings. The Labute approximate surface area is 442 Å². The van der Waals surface area contributed by atoms with Gasteiger partial charge in [0, 0.05) is 19.3 Å². The minimum atomic E-state index is -0.769. The topological polar surface area (TPSA) is 78.9 Å². The Morgan fingerprint density at radius 2 is 0.535 bits per heavy atom. The van der Waals surface area contributed by atoms with E-state index in [0.717, 1.165) is 77.0 Å². The van der Waals surface area contributed by atoms with E-state index in [1.807, 2.05) is 0 Å². The van der Waals surface area contributed by atoms with E-state index in [1.54, 1.807) is 0 Å². The van der Waals surface area contributed by atoms with E-state index in [1.165, 1.54) is 225 Å². The zero-order chi connectivity index (χ0) is 51.4. The summed E-state index contributed by atoms with van der Waals surface area (Å²) < 4.78 is 16.8. The molecule has 0 amide bonds. The summed E-state index contributed by atoms with van der Waals surface area (Å²) in [6, 6.07) is 0. The fourth-order valence-electron chi connectivity index (χ4n) is 9.36. The maximum Gasteiger partial charge on any atom is 0.306 e. The van der Waals surface area contributed by atoms with Gasteiger partial charge in [0.2, 0.25) is 0 Å². The molecular formula is C65H120O6. The van der Waals surface area contributed by atoms with Crippen molar-refractivity contribution in [1.82, 2.24) is 0 Å². The number of hydrogen-bond donors (Lipinski definition) is 0. The van der Waals surface area contributed by atoms with Gasteiger partial charge in [-0.25, -0.2) is 0 Å². The molecule has 0 saturated heterocycles. The summed E-state index contributed by atoms with van der Waals surface area (Å²) in [6.07, 6.45) is 73.2. The quantitative estimate of drug-likeness (QED) is 0.0261. The highest BCUT2D eigenvalue weighted by Gasteiger charge is 2.19. The molecule has 0 aliphatic heterocycles. The lowest BCUT2D eigenvalue weighted by molar-refractivity contribution is -0.167. The highest BCUT2D eigenvalue weighted by Crippen LogP contribution is 2.17. The average molecular weight is 998 g/mol. The van der Waals surface area contributed by atoms with E-state index >= 15 is 0 Å². The Balaban J connectivity index is 4.02. The summed E-state index contributed by atoms with van der Waals surface area (Å²) in [7, 11) is 0. The van der Waals surface area contributed by atoms with Crippen molar-refractivity contribution in [3.05, 3.63) is 36.5 Å². The Bertz CT molecular complexity index is 1190. The van der Waals surface area contributed by atoms with Crippen LogP contribution in [0.25, 0.3) is 0 Å². The van der Waals surface area contributed by atoms with Crippen molar-refractivity contribution in [3.63, 3.8) is 0 Å². The number of ether oxygens (including phenoxy) is 3. The Hall–Kier alpha value is -2.37. The summed E-state index contributed by atoms with van der Waals surface area (Å²) in [5, 5.41) is 0. The average Bonchev–Trinajstić information content (AvgIpc) is 3.37. The smallest absolute Gasteiger partial charge is 0.306 e. The van der Waals surface area contributed by atoms with Crippen LogP contribution in [-0.2, 0) is 28.6 Å². The zero-order valence-corrected chi connectivity index (χ0v) is 47.8. The number of carbonyl (C=O) groups excluding carboxylic acids is 3. The van der Waals surface area contributed by atoms with E-state index in [9.17, 15) is 14.4 Å². The van der Waals surface area contributed by atoms with Gasteiger partial charge in [-0.3, -0.25) is 14.4 Å². The number of allylic oxidation sites excluding steroid dienone is 6. The van der Waals surface area contributed by atoms with Crippen LogP contribution in [0.4, 0.5) is 0 Å². The van der Waals surface area contributed by atoms with E-state index in [4.69, 9.17) is 14.2 Å². The first kappa shape index (κ1) is 68.6. The molecule has 6 heteroatoms. The molecule has 0 rings (SSSR count). The number of hydrogen-bond acceptors (Lipinski definition) is 6. The van der Waals surface area contributed by atoms with Crippen molar-refractivity contribution in [2.24, 2.45) is 0 Å². The van der Waals surface area contributed by atoms with Gasteiger partial charge in [0.05, 0.1) is 0 Å². The summed E-state index contributed by atoms with van der Waals surface area (Å²) in [5.41, 5.74) is 0. The van der Waals surface area contributed by atoms with E-state index in [-0.39, 0.29) is 31.1 Å². The third kappa shape index (κ3) is 58.4. The Morgan fingerprint density at radius 1 is 0.282 bits per heavy atom. The van der Waals surface area contributed by atoms with Gasteiger partial charge in [-0.1, -0.05) is 288 Å². The molecule has 71 heavy (non-hydrogen) atoms. The highest BCUT2D eigenvalue weighted by molar-refractivity contribution is 5.71. The number of carbonyl (C=O) groups is 3. The predicted molar refractivity (Wildman–Crippen MR) is 307 cm³/mol. The van der Waals surface area contributed by atoms with Gasteiger partial charge in [-0.15, -0.1) is 0 Å². The first-order valence-electron chi connectivity index (χ1n) is 31.5. The van der Waals surface area contributed by atoms with Crippen LogP contribution >= 0.6 is 0 Å². The third-order valence-electron chi connectivity index (χ3n) is 14.1. The second-order valence-electron chi connectivity index (χ2n) is 21.3. The largest absolute Gasteiger partial charge is 0.462 e. The molecule has 0 N–H and O–H groups in total. The predicted octanol–water partition coefficient (Wildman–Crippen LogP) is 21.2. The van der Waals surface area contributed by atoms with Crippen molar-refractivity contribution in [3.8, 4) is 0 Å². The summed E-state index contributed by atoms with van der Waals surface area (Å²) in [6.45, 7) is 6.60. The molecule has 6 nitrogen and oxygen atoms in total. The molecule has 0 aromatic carbocycles. The molecule has 1 unspecified atom stereocenters. The standard InChI is InChI=1S/C65H120O6/c1-4-7-10-13-16-19-22-24-25-26-27-28-29-30-31-32-33-34-35-36-37-38-39-40-41-42-44-46-49-52-55-58-64(67)70-61-62(60-69-63(66)57-54-51-48-45-21-18-15-12-9-6-3)71-65(68)59-56-53-50-47-43-23-20-17-14-11-8-5-2/h12,15,22,24,26-27,62H,4-11,13-14,16-21,23,25,28-61H2,1-3H3/b15-12-,24-22-,27-26-. The molecule has 0 spiro atoms. The summed E-state index contributed by atoms with van der Waals surface area (Å²) in [5.74, 6) is -0.863. The van der Waals surface area contributed by atoms with Crippen LogP contribution < -0.4 is 0 Å². The molecule has 0 radical (unpaired) electrons. The van der Waals surface area contributed by atoms with E-state index in [2.05, 4.69) is 57.2 Å². The van der Waals surface area contributed by atoms with Gasteiger partial charge in [-0.2, -0.15) is 0 Å². The van der Waals surface area contributed by atoms with Crippen molar-refractivity contribution in [2.45, 2.75) is 348 Å². The second-order valence-corrected chi connectivity index (χ2v) is 21.3. The fourth-order valence-corrected chi connectivity index (χ4v) is 9.36. The van der Waals surface area contributed by atoms with E-state index < -0.39 is 6.10 Å². The highest BCUT2D eigenvalue weighted by atomic mass is 16.6. The summed E-state index contributed by atoms with van der Waals surface area (Å²) in [4.78, 5) is 38.0. The van der Waals surface area contributed by atoms with Gasteiger partial charge < -0.3 is 14.2 Å². The fraction of sp³-hybridized carbons (Fsp3) is 0.862. The number of unbranched alkanes of at least 4 members (excludes halogenated alkanes) is 41. The van der Waals surface area contributed by atoms with Crippen LogP contribution in [0.3, 0.4) is 0 Å². The maximum absolute atomic E-state index is 12.8. The first-order valence-corrected chi connectivity index (χ1v) is 31.5. The molecule has 0 aliphatic rings. The third-order valence-corrected chi connectivity index (χ3v) is 14.1. The van der Waals surface area contributed by atoms with E-state index in [0.29, 0.717) is 19.3 Å². The molecule has 0 aromatic heterocycles. The SMILES string of the molecule is CCC/C=C\CCCCCCCC(=O)OCC(COC(=O)CCCCCCCCCCCCCCCCCCCCC/C=C\C/C=C\CCCCCCC)OC(=O)CCCCCCCCCCCCCC. The van der Waals surface area contributed by atoms with Crippen molar-refractivity contribution in [2.75, 3.05) is 13.2 Å². The van der Waals surface area contributed by atoms with Crippen LogP contribution in [0, 0.1) is 0 Å². The lowest BCUT2D eigenvalue weighted by Gasteiger charge is -2.18. The monoisotopic (exact) mass is 997 g/mol. The summed E-state index contributed by atoms with van der Waals surface area (Å²) >= 11 is 0. The molecule has 0 saturated carbocycles. The van der Waals surface area contributed by atoms with Crippen LogP contribution in [-0.4, -0.2) is 37.2 Å². The number of esters is 3. The second kappa shape index (κ2) is 60.2. The van der Waals surface area contributed by atoms with Crippen molar-refractivity contribution in [1.29, 1.82) is 0 Å². The Morgan fingerprint density at radius 3 is 0.845 bits per heavy atom. The Kier molecular flexibility index (Phi) is 58.2. The normalized spacial score (nSPS) is 12.2. The maximum atomic E-state index is 12.8. The van der Waals surface area contributed by atoms with Crippen molar-refractivity contribution < 1.29 is 28.6 Å². The van der Waals surface area contributed by atoms with Gasteiger partial charge in [0.15, 0.2) is 6.10 Å². The molecule has 0 bridgehead atoms. The first-order chi connectivity index (χ1) is 35.0. The number of rotatable bonds is 58. The van der Waals surface area contributed by atoms with Gasteiger partial charge >= 0.3 is 17.9 Å². The zero-order valence-electron chi connectivity index (χ0n) is 47.8. The molecule has 1 atom stereocenters. The molecule has 0 heterocycles. The van der Waals surface area contributed by atoms with Gasteiger partial charge in [-0.05, 0) is 70.6 Å². The van der Waals surface area contributed by atoms with Crippen LogP contribution in [0.15, 0.2) is 36.5 Å². The van der Waals surface area contributed by atoms with Gasteiger partial charge in [0.25, 0.3) is 0 Å². The minimum Gasteiger partial charge on any atom is -0.462 e. The lowest BCUT2D eigenvalue weighted by atomic mass is 10.0. The molecule has 0 aliphatic carbocycles. The molecule has 0 fully saturated rings.